The molecule has 0 atom stereocenters. The van der Waals surface area contributed by atoms with Crippen LogP contribution >= 0.6 is 11.6 Å². The van der Waals surface area contributed by atoms with Crippen LogP contribution in [0.25, 0.3) is 0 Å². The zero-order valence-electron chi connectivity index (χ0n) is 13.7. The highest BCUT2D eigenvalue weighted by Gasteiger charge is 2.11. The summed E-state index contributed by atoms with van der Waals surface area (Å²) in [5, 5.41) is 24.6. The maximum atomic E-state index is 12.2. The van der Waals surface area contributed by atoms with Crippen molar-refractivity contribution >= 4 is 23.2 Å². The van der Waals surface area contributed by atoms with Crippen molar-refractivity contribution in [1.82, 2.24) is 5.32 Å². The first-order valence-corrected chi connectivity index (χ1v) is 8.07. The summed E-state index contributed by atoms with van der Waals surface area (Å²) in [4.78, 5) is 12.2. The van der Waals surface area contributed by atoms with E-state index in [2.05, 4.69) is 10.6 Å². The number of nitrogens with zero attached hydrogens (tertiary/aromatic N) is 1. The standard InChI is InChI=1S/C19H18ClN3O2/c1-13-17(20)3-2-4-18(13)23-19(25)15(11-21)12-22-10-9-14-5-7-16(24)8-6-14/h2-8,12,22,24H,9-10H2,1H3,(H,23,25)/b15-12-. The van der Waals surface area contributed by atoms with Crippen LogP contribution < -0.4 is 10.6 Å². The average Bonchev–Trinajstić information content (AvgIpc) is 2.60. The monoisotopic (exact) mass is 355 g/mol. The van der Waals surface area contributed by atoms with Gasteiger partial charge in [0.1, 0.15) is 17.4 Å². The van der Waals surface area contributed by atoms with Crippen LogP contribution in [0.1, 0.15) is 11.1 Å². The van der Waals surface area contributed by atoms with Crippen molar-refractivity contribution in [2.45, 2.75) is 13.3 Å². The number of benzene rings is 2. The molecule has 25 heavy (non-hydrogen) atoms. The molecule has 2 aromatic rings. The third-order valence-electron chi connectivity index (χ3n) is 3.62. The zero-order valence-corrected chi connectivity index (χ0v) is 14.5. The molecule has 6 heteroatoms. The van der Waals surface area contributed by atoms with Gasteiger partial charge in [-0.05, 0) is 48.7 Å². The van der Waals surface area contributed by atoms with Crippen LogP contribution in [0.2, 0.25) is 5.02 Å². The number of carbonyl (C=O) groups is 1. The lowest BCUT2D eigenvalue weighted by Crippen LogP contribution is -2.18. The molecular weight excluding hydrogens is 338 g/mol. The number of hydrogen-bond acceptors (Lipinski definition) is 4. The van der Waals surface area contributed by atoms with E-state index in [1.165, 1.54) is 6.20 Å². The number of anilines is 1. The van der Waals surface area contributed by atoms with E-state index in [0.717, 1.165) is 11.1 Å². The van der Waals surface area contributed by atoms with E-state index in [9.17, 15) is 15.2 Å². The topological polar surface area (TPSA) is 85.2 Å². The number of rotatable bonds is 6. The summed E-state index contributed by atoms with van der Waals surface area (Å²) in [6.07, 6.45) is 2.10. The fourth-order valence-electron chi connectivity index (χ4n) is 2.13. The molecule has 0 saturated heterocycles. The minimum Gasteiger partial charge on any atom is -0.508 e. The van der Waals surface area contributed by atoms with E-state index < -0.39 is 5.91 Å². The molecule has 0 fully saturated rings. The fourth-order valence-corrected chi connectivity index (χ4v) is 2.31. The largest absolute Gasteiger partial charge is 0.508 e. The molecule has 0 heterocycles. The minimum absolute atomic E-state index is 0.0231. The first-order chi connectivity index (χ1) is 12.0. The molecule has 5 nitrogen and oxygen atoms in total. The second-order valence-corrected chi connectivity index (χ2v) is 5.81. The van der Waals surface area contributed by atoms with Gasteiger partial charge in [0.05, 0.1) is 0 Å². The molecule has 0 aromatic heterocycles. The SMILES string of the molecule is Cc1c(Cl)cccc1NC(=O)/C(C#N)=C\NCCc1ccc(O)cc1. The van der Waals surface area contributed by atoms with Gasteiger partial charge in [-0.1, -0.05) is 29.8 Å². The lowest BCUT2D eigenvalue weighted by Gasteiger charge is -2.09. The number of phenolic OH excluding ortho intramolecular Hbond substituents is 1. The van der Waals surface area contributed by atoms with Gasteiger partial charge >= 0.3 is 0 Å². The van der Waals surface area contributed by atoms with Crippen molar-refractivity contribution < 1.29 is 9.90 Å². The third kappa shape index (κ3) is 5.27. The number of halogens is 1. The molecule has 0 aliphatic heterocycles. The normalized spacial score (nSPS) is 10.8. The van der Waals surface area contributed by atoms with Crippen LogP contribution in [0.4, 0.5) is 5.69 Å². The van der Waals surface area contributed by atoms with Crippen LogP contribution in [0.15, 0.2) is 54.2 Å². The molecule has 0 aliphatic rings. The summed E-state index contributed by atoms with van der Waals surface area (Å²) in [6.45, 7) is 2.35. The minimum atomic E-state index is -0.495. The van der Waals surface area contributed by atoms with Crippen molar-refractivity contribution in [3.63, 3.8) is 0 Å². The average molecular weight is 356 g/mol. The second-order valence-electron chi connectivity index (χ2n) is 5.41. The van der Waals surface area contributed by atoms with Crippen LogP contribution in [0.5, 0.6) is 5.75 Å². The Labute approximate surface area is 151 Å². The van der Waals surface area contributed by atoms with Gasteiger partial charge in [-0.15, -0.1) is 0 Å². The Morgan fingerprint density at radius 3 is 2.68 bits per heavy atom. The van der Waals surface area contributed by atoms with Gasteiger partial charge in [0.2, 0.25) is 0 Å². The Bertz CT molecular complexity index is 824. The number of aromatic hydroxyl groups is 1. The molecule has 0 unspecified atom stereocenters. The van der Waals surface area contributed by atoms with Crippen molar-refractivity contribution in [1.29, 1.82) is 5.26 Å². The predicted octanol–water partition coefficient (Wildman–Crippen LogP) is 3.53. The van der Waals surface area contributed by atoms with E-state index in [1.807, 2.05) is 18.2 Å². The van der Waals surface area contributed by atoms with E-state index in [0.29, 0.717) is 23.7 Å². The highest BCUT2D eigenvalue weighted by molar-refractivity contribution is 6.31. The molecule has 3 N–H and O–H groups in total. The first kappa shape index (κ1) is 18.4. The third-order valence-corrected chi connectivity index (χ3v) is 4.03. The van der Waals surface area contributed by atoms with E-state index >= 15 is 0 Å². The molecule has 0 saturated carbocycles. The van der Waals surface area contributed by atoms with Crippen LogP contribution in [-0.2, 0) is 11.2 Å². The number of hydrogen-bond donors (Lipinski definition) is 3. The van der Waals surface area contributed by atoms with Gasteiger partial charge in [0, 0.05) is 23.5 Å². The molecule has 2 aromatic carbocycles. The van der Waals surface area contributed by atoms with E-state index in [1.54, 1.807) is 37.3 Å². The smallest absolute Gasteiger partial charge is 0.267 e. The van der Waals surface area contributed by atoms with Gasteiger partial charge in [-0.25, -0.2) is 0 Å². The van der Waals surface area contributed by atoms with Crippen LogP contribution in [0, 0.1) is 18.3 Å². The Hall–Kier alpha value is -2.97. The summed E-state index contributed by atoms with van der Waals surface area (Å²) in [5.41, 5.74) is 2.33. The second kappa shape index (κ2) is 8.76. The number of amides is 1. The molecule has 0 spiro atoms. The maximum Gasteiger partial charge on any atom is 0.267 e. The molecular formula is C19H18ClN3O2. The summed E-state index contributed by atoms with van der Waals surface area (Å²) < 4.78 is 0. The summed E-state index contributed by atoms with van der Waals surface area (Å²) >= 11 is 6.02. The van der Waals surface area contributed by atoms with E-state index in [4.69, 9.17) is 11.6 Å². The highest BCUT2D eigenvalue weighted by atomic mass is 35.5. The van der Waals surface area contributed by atoms with Crippen molar-refractivity contribution in [2.24, 2.45) is 0 Å². The molecule has 128 valence electrons. The quantitative estimate of drug-likeness (QED) is 0.420. The van der Waals surface area contributed by atoms with Crippen molar-refractivity contribution in [3.05, 3.63) is 70.4 Å². The fraction of sp³-hybridized carbons (Fsp3) is 0.158. The van der Waals surface area contributed by atoms with Gasteiger partial charge in [-0.3, -0.25) is 4.79 Å². The summed E-state index contributed by atoms with van der Waals surface area (Å²) in [5.74, 6) is -0.277. The summed E-state index contributed by atoms with van der Waals surface area (Å²) in [7, 11) is 0. The number of nitriles is 1. The Balaban J connectivity index is 1.92. The Morgan fingerprint density at radius 2 is 2.00 bits per heavy atom. The Kier molecular flexibility index (Phi) is 6.44. The molecule has 2 rings (SSSR count). The molecule has 0 bridgehead atoms. The Morgan fingerprint density at radius 1 is 1.28 bits per heavy atom. The van der Waals surface area contributed by atoms with Crippen LogP contribution in [0.3, 0.4) is 0 Å². The number of nitrogens with one attached hydrogen (secondary N) is 2. The predicted molar refractivity (Wildman–Crippen MR) is 98.3 cm³/mol. The maximum absolute atomic E-state index is 12.2. The van der Waals surface area contributed by atoms with Gasteiger partial charge < -0.3 is 15.7 Å². The zero-order chi connectivity index (χ0) is 18.2. The molecule has 0 radical (unpaired) electrons. The van der Waals surface area contributed by atoms with Crippen molar-refractivity contribution in [3.8, 4) is 11.8 Å². The molecule has 0 aliphatic carbocycles. The number of phenols is 1. The summed E-state index contributed by atoms with van der Waals surface area (Å²) in [6, 6.07) is 14.0. The van der Waals surface area contributed by atoms with E-state index in [-0.39, 0.29) is 11.3 Å². The van der Waals surface area contributed by atoms with Gasteiger partial charge in [0.15, 0.2) is 0 Å². The highest BCUT2D eigenvalue weighted by Crippen LogP contribution is 2.23. The first-order valence-electron chi connectivity index (χ1n) is 7.69. The molecule has 1 amide bonds. The van der Waals surface area contributed by atoms with Crippen LogP contribution in [-0.4, -0.2) is 17.6 Å². The van der Waals surface area contributed by atoms with Gasteiger partial charge in [-0.2, -0.15) is 5.26 Å². The van der Waals surface area contributed by atoms with Crippen molar-refractivity contribution in [2.75, 3.05) is 11.9 Å². The van der Waals surface area contributed by atoms with Gasteiger partial charge in [0.25, 0.3) is 5.91 Å². The number of carbonyl (C=O) groups excluding carboxylic acids is 1. The lowest BCUT2D eigenvalue weighted by molar-refractivity contribution is -0.112. The lowest BCUT2D eigenvalue weighted by atomic mass is 10.1.